The summed E-state index contributed by atoms with van der Waals surface area (Å²) < 4.78 is 44.2. The number of methoxy groups -OCH3 is 1. The Morgan fingerprint density at radius 3 is 2.52 bits per heavy atom. The van der Waals surface area contributed by atoms with Crippen LogP contribution in [0.4, 0.5) is 0 Å². The van der Waals surface area contributed by atoms with Gasteiger partial charge in [-0.3, -0.25) is 4.79 Å². The van der Waals surface area contributed by atoms with Crippen LogP contribution in [0.15, 0.2) is 41.3 Å². The molecule has 0 aliphatic heterocycles. The van der Waals surface area contributed by atoms with Crippen LogP contribution in [0.5, 0.6) is 17.2 Å². The number of amides is 1. The maximum absolute atomic E-state index is 12.8. The van der Waals surface area contributed by atoms with Crippen molar-refractivity contribution in [3.05, 3.63) is 47.0 Å². The molecule has 2 rings (SSSR count). The zero-order valence-corrected chi connectivity index (χ0v) is 17.8. The molecule has 2 aromatic rings. The molecule has 3 N–H and O–H groups in total. The van der Waals surface area contributed by atoms with Gasteiger partial charge in [0.15, 0.2) is 0 Å². The molecular formula is C19H23ClN2O6S. The molecule has 0 bridgehead atoms. The van der Waals surface area contributed by atoms with Gasteiger partial charge in [-0.2, -0.15) is 0 Å². The van der Waals surface area contributed by atoms with Gasteiger partial charge in [0.2, 0.25) is 10.0 Å². The Kier molecular flexibility index (Phi) is 7.72. The van der Waals surface area contributed by atoms with Gasteiger partial charge in [0.05, 0.1) is 25.3 Å². The van der Waals surface area contributed by atoms with E-state index in [-0.39, 0.29) is 28.6 Å². The average molecular weight is 443 g/mol. The molecule has 29 heavy (non-hydrogen) atoms. The molecule has 2 aromatic carbocycles. The highest BCUT2D eigenvalue weighted by atomic mass is 35.5. The fraction of sp³-hybridized carbons (Fsp3) is 0.316. The van der Waals surface area contributed by atoms with Gasteiger partial charge in [0.25, 0.3) is 5.91 Å². The lowest BCUT2D eigenvalue weighted by atomic mass is 10.2. The number of sulfonamides is 1. The van der Waals surface area contributed by atoms with Crippen LogP contribution in [-0.2, 0) is 10.0 Å². The number of halogens is 1. The first-order valence-corrected chi connectivity index (χ1v) is 10.6. The zero-order chi connectivity index (χ0) is 21.6. The van der Waals surface area contributed by atoms with Gasteiger partial charge in [-0.05, 0) is 44.2 Å². The first kappa shape index (κ1) is 22.8. The number of carbonyl (C=O) groups excluding carboxylic acids is 1. The van der Waals surface area contributed by atoms with Crippen LogP contribution >= 0.6 is 11.6 Å². The van der Waals surface area contributed by atoms with E-state index in [9.17, 15) is 13.2 Å². The Hall–Kier alpha value is -2.49. The Morgan fingerprint density at radius 1 is 1.17 bits per heavy atom. The van der Waals surface area contributed by atoms with Gasteiger partial charge < -0.3 is 19.9 Å². The Balaban J connectivity index is 2.14. The molecule has 10 heteroatoms. The molecule has 0 aliphatic carbocycles. The van der Waals surface area contributed by atoms with Gasteiger partial charge >= 0.3 is 0 Å². The lowest BCUT2D eigenvalue weighted by molar-refractivity contribution is 0.0996. The molecule has 0 spiro atoms. The zero-order valence-electron chi connectivity index (χ0n) is 16.3. The summed E-state index contributed by atoms with van der Waals surface area (Å²) in [4.78, 5) is 11.5. The molecule has 1 atom stereocenters. The number of nitrogens with one attached hydrogen (secondary N) is 1. The minimum absolute atomic E-state index is 0.0173. The quantitative estimate of drug-likeness (QED) is 0.584. The summed E-state index contributed by atoms with van der Waals surface area (Å²) in [5, 5.41) is 0.336. The summed E-state index contributed by atoms with van der Waals surface area (Å²) in [6.07, 6.45) is 0. The standard InChI is InChI=1S/C19H23ClN2O6S/c1-4-27-17-10-14(26-3)6-8-18(17)29(24,25)22-12(2)11-28-16-7-5-13(20)9-15(16)19(21)23/h5-10,12,22H,4,11H2,1-3H3,(H2,21,23)/t12-/m0/s1. The lowest BCUT2D eigenvalue weighted by Gasteiger charge is -2.18. The highest BCUT2D eigenvalue weighted by Crippen LogP contribution is 2.29. The van der Waals surface area contributed by atoms with Crippen molar-refractivity contribution in [2.24, 2.45) is 5.73 Å². The minimum Gasteiger partial charge on any atom is -0.497 e. The number of carbonyl (C=O) groups is 1. The third kappa shape index (κ3) is 5.99. The molecule has 0 aliphatic rings. The summed E-state index contributed by atoms with van der Waals surface area (Å²) in [6, 6.07) is 8.26. The van der Waals surface area contributed by atoms with Crippen LogP contribution in [0.3, 0.4) is 0 Å². The maximum Gasteiger partial charge on any atom is 0.252 e. The summed E-state index contributed by atoms with van der Waals surface area (Å²) in [7, 11) is -2.42. The van der Waals surface area contributed by atoms with E-state index in [0.29, 0.717) is 17.4 Å². The molecule has 1 amide bonds. The summed E-state index contributed by atoms with van der Waals surface area (Å²) >= 11 is 5.86. The molecule has 0 aromatic heterocycles. The van der Waals surface area contributed by atoms with Crippen LogP contribution in [0.2, 0.25) is 5.02 Å². The predicted octanol–water partition coefficient (Wildman–Crippen LogP) is 2.59. The second-order valence-electron chi connectivity index (χ2n) is 6.08. The van der Waals surface area contributed by atoms with Crippen molar-refractivity contribution in [3.63, 3.8) is 0 Å². The Bertz CT molecular complexity index is 981. The van der Waals surface area contributed by atoms with Crippen LogP contribution in [0, 0.1) is 0 Å². The minimum atomic E-state index is -3.90. The summed E-state index contributed by atoms with van der Waals surface area (Å²) in [6.45, 7) is 3.63. The van der Waals surface area contributed by atoms with Gasteiger partial charge in [-0.1, -0.05) is 11.6 Å². The molecule has 0 saturated carbocycles. The second kappa shape index (κ2) is 9.82. The highest BCUT2D eigenvalue weighted by Gasteiger charge is 2.23. The van der Waals surface area contributed by atoms with Gasteiger partial charge in [0, 0.05) is 11.1 Å². The van der Waals surface area contributed by atoms with Gasteiger partial charge in [-0.25, -0.2) is 13.1 Å². The van der Waals surface area contributed by atoms with Crippen LogP contribution < -0.4 is 24.7 Å². The van der Waals surface area contributed by atoms with E-state index in [1.807, 2.05) is 0 Å². The topological polar surface area (TPSA) is 117 Å². The number of rotatable bonds is 10. The van der Waals surface area contributed by atoms with E-state index in [1.54, 1.807) is 19.9 Å². The SMILES string of the molecule is CCOc1cc(OC)ccc1S(=O)(=O)N[C@@H](C)COc1ccc(Cl)cc1C(N)=O. The van der Waals surface area contributed by atoms with Crippen molar-refractivity contribution in [2.45, 2.75) is 24.8 Å². The molecular weight excluding hydrogens is 420 g/mol. The van der Waals surface area contributed by atoms with Crippen LogP contribution in [0.1, 0.15) is 24.2 Å². The average Bonchev–Trinajstić information content (AvgIpc) is 2.66. The van der Waals surface area contributed by atoms with Crippen molar-refractivity contribution in [3.8, 4) is 17.2 Å². The number of ether oxygens (including phenoxy) is 3. The fourth-order valence-electron chi connectivity index (χ4n) is 2.50. The van der Waals surface area contributed by atoms with Crippen molar-refractivity contribution >= 4 is 27.5 Å². The fourth-order valence-corrected chi connectivity index (χ4v) is 4.03. The maximum atomic E-state index is 12.8. The summed E-state index contributed by atoms with van der Waals surface area (Å²) in [5.74, 6) is 0.175. The number of hydrogen-bond acceptors (Lipinski definition) is 6. The van der Waals surface area contributed by atoms with Crippen LogP contribution in [-0.4, -0.2) is 40.7 Å². The first-order chi connectivity index (χ1) is 13.7. The highest BCUT2D eigenvalue weighted by molar-refractivity contribution is 7.89. The van der Waals surface area contributed by atoms with E-state index >= 15 is 0 Å². The number of primary amides is 1. The Morgan fingerprint density at radius 2 is 1.90 bits per heavy atom. The molecule has 0 unspecified atom stereocenters. The van der Waals surface area contributed by atoms with Gasteiger partial charge in [-0.15, -0.1) is 0 Å². The lowest BCUT2D eigenvalue weighted by Crippen LogP contribution is -2.37. The van der Waals surface area contributed by atoms with Crippen molar-refractivity contribution in [1.29, 1.82) is 0 Å². The third-order valence-corrected chi connectivity index (χ3v) is 5.66. The molecule has 0 fully saturated rings. The van der Waals surface area contributed by atoms with E-state index in [2.05, 4.69) is 4.72 Å². The second-order valence-corrected chi connectivity index (χ2v) is 8.20. The smallest absolute Gasteiger partial charge is 0.252 e. The normalized spacial score (nSPS) is 12.3. The van der Waals surface area contributed by atoms with E-state index < -0.39 is 22.0 Å². The van der Waals surface area contributed by atoms with Gasteiger partial charge in [0.1, 0.15) is 28.8 Å². The van der Waals surface area contributed by atoms with Crippen molar-refractivity contribution in [1.82, 2.24) is 4.72 Å². The largest absolute Gasteiger partial charge is 0.497 e. The number of hydrogen-bond donors (Lipinski definition) is 2. The third-order valence-electron chi connectivity index (χ3n) is 3.79. The summed E-state index contributed by atoms with van der Waals surface area (Å²) in [5.41, 5.74) is 5.44. The monoisotopic (exact) mass is 442 g/mol. The Labute approximate surface area is 174 Å². The van der Waals surface area contributed by atoms with E-state index in [0.717, 1.165) is 0 Å². The van der Waals surface area contributed by atoms with Crippen molar-refractivity contribution in [2.75, 3.05) is 20.3 Å². The van der Waals surface area contributed by atoms with Crippen molar-refractivity contribution < 1.29 is 27.4 Å². The molecule has 0 radical (unpaired) electrons. The first-order valence-electron chi connectivity index (χ1n) is 8.73. The predicted molar refractivity (Wildman–Crippen MR) is 109 cm³/mol. The van der Waals surface area contributed by atoms with E-state index in [4.69, 9.17) is 31.5 Å². The number of nitrogens with two attached hydrogens (primary N) is 1. The molecule has 8 nitrogen and oxygen atoms in total. The number of benzene rings is 2. The van der Waals surface area contributed by atoms with E-state index in [1.165, 1.54) is 37.4 Å². The van der Waals surface area contributed by atoms with Crippen LogP contribution in [0.25, 0.3) is 0 Å². The molecule has 158 valence electrons. The molecule has 0 heterocycles. The molecule has 0 saturated heterocycles.